The Kier molecular flexibility index (Phi) is 8.79. The van der Waals surface area contributed by atoms with E-state index in [9.17, 15) is 0 Å². The highest BCUT2D eigenvalue weighted by Gasteiger charge is 2.18. The van der Waals surface area contributed by atoms with Crippen molar-refractivity contribution in [2.45, 2.75) is 12.8 Å². The summed E-state index contributed by atoms with van der Waals surface area (Å²) in [5.41, 5.74) is 13.5. The van der Waals surface area contributed by atoms with Gasteiger partial charge in [0.05, 0.1) is 11.0 Å². The summed E-state index contributed by atoms with van der Waals surface area (Å²) in [6, 6.07) is 67.8. The van der Waals surface area contributed by atoms with E-state index in [0.717, 1.165) is 46.4 Å². The van der Waals surface area contributed by atoms with Crippen molar-refractivity contribution in [3.8, 4) is 61.8 Å². The predicted octanol–water partition coefficient (Wildman–Crippen LogP) is 15.4. The zero-order chi connectivity index (χ0) is 41.0. The second kappa shape index (κ2) is 15.1. The average molecular weight is 811 g/mol. The molecule has 1 aliphatic rings. The second-order valence-electron chi connectivity index (χ2n) is 15.9. The van der Waals surface area contributed by atoms with Gasteiger partial charge in [-0.1, -0.05) is 152 Å². The van der Waals surface area contributed by atoms with Crippen LogP contribution in [0.25, 0.3) is 109 Å². The highest BCUT2D eigenvalue weighted by molar-refractivity contribution is 7.26. The number of benzene rings is 8. The molecular weight excluding hydrogens is 773 g/mol. The molecule has 0 bridgehead atoms. The van der Waals surface area contributed by atoms with Crippen molar-refractivity contribution in [2.24, 2.45) is 0 Å². The smallest absolute Gasteiger partial charge is 0.164 e. The zero-order valence-corrected chi connectivity index (χ0v) is 34.6. The molecule has 12 rings (SSSR count). The van der Waals surface area contributed by atoms with Crippen LogP contribution in [-0.2, 0) is 0 Å². The van der Waals surface area contributed by atoms with Crippen molar-refractivity contribution in [1.29, 1.82) is 0 Å². The minimum Gasteiger partial charge on any atom is -0.309 e. The fraction of sp³-hybridized carbons (Fsp3) is 0.0351. The second-order valence-corrected chi connectivity index (χ2v) is 16.9. The molecule has 11 aromatic rings. The van der Waals surface area contributed by atoms with Gasteiger partial charge in [0.2, 0.25) is 0 Å². The number of nitrogens with zero attached hydrogens (tertiary/aromatic N) is 4. The summed E-state index contributed by atoms with van der Waals surface area (Å²) in [4.78, 5) is 15.0. The highest BCUT2D eigenvalue weighted by atomic mass is 32.1. The fourth-order valence-electron chi connectivity index (χ4n) is 9.04. The lowest BCUT2D eigenvalue weighted by Crippen LogP contribution is -2.03. The lowest BCUT2D eigenvalue weighted by molar-refractivity contribution is 1.01. The van der Waals surface area contributed by atoms with Crippen molar-refractivity contribution < 1.29 is 0 Å². The molecule has 0 amide bonds. The SMILES string of the molecule is C1=CC(c2nc(-c3ccccc3)nc(-c3ccc(-c4cc(-c5ccc6c(c5)c5ccccc5n6-c5ccccc5)cc(-c5cccc6c5sc5ccccc56)c4)cc3)n2)=CCC1. The van der Waals surface area contributed by atoms with Crippen molar-refractivity contribution >= 4 is 58.9 Å². The number of aromatic nitrogens is 4. The van der Waals surface area contributed by atoms with Gasteiger partial charge in [-0.15, -0.1) is 11.3 Å². The maximum absolute atomic E-state index is 5.03. The number of hydrogen-bond acceptors (Lipinski definition) is 4. The number of para-hydroxylation sites is 2. The Balaban J connectivity index is 1.02. The van der Waals surface area contributed by atoms with E-state index >= 15 is 0 Å². The summed E-state index contributed by atoms with van der Waals surface area (Å²) in [6.45, 7) is 0. The van der Waals surface area contributed by atoms with Gasteiger partial charge in [-0.3, -0.25) is 0 Å². The van der Waals surface area contributed by atoms with Gasteiger partial charge in [0.25, 0.3) is 0 Å². The van der Waals surface area contributed by atoms with Crippen LogP contribution in [0.2, 0.25) is 0 Å². The molecule has 1 aliphatic carbocycles. The molecule has 0 aliphatic heterocycles. The summed E-state index contributed by atoms with van der Waals surface area (Å²) < 4.78 is 4.98. The Bertz CT molecular complexity index is 3560. The summed E-state index contributed by atoms with van der Waals surface area (Å²) in [5.74, 6) is 2.03. The monoisotopic (exact) mass is 810 g/mol. The normalized spacial score (nSPS) is 12.7. The van der Waals surface area contributed by atoms with E-state index in [1.807, 2.05) is 29.5 Å². The van der Waals surface area contributed by atoms with E-state index in [0.29, 0.717) is 17.5 Å². The summed E-state index contributed by atoms with van der Waals surface area (Å²) >= 11 is 1.87. The Labute approximate surface area is 363 Å². The van der Waals surface area contributed by atoms with Gasteiger partial charge in [0.15, 0.2) is 17.5 Å². The van der Waals surface area contributed by atoms with Crippen LogP contribution in [0.1, 0.15) is 18.7 Å². The van der Waals surface area contributed by atoms with E-state index in [-0.39, 0.29) is 0 Å². The average Bonchev–Trinajstić information content (AvgIpc) is 3.90. The van der Waals surface area contributed by atoms with E-state index in [1.165, 1.54) is 64.2 Å². The van der Waals surface area contributed by atoms with E-state index in [2.05, 4.69) is 193 Å². The summed E-state index contributed by atoms with van der Waals surface area (Å²) in [6.07, 6.45) is 8.55. The van der Waals surface area contributed by atoms with Crippen LogP contribution in [0.15, 0.2) is 206 Å². The first-order valence-corrected chi connectivity index (χ1v) is 22.0. The third-order valence-electron chi connectivity index (χ3n) is 12.1. The van der Waals surface area contributed by atoms with Crippen molar-refractivity contribution in [1.82, 2.24) is 19.5 Å². The van der Waals surface area contributed by atoms with Crippen molar-refractivity contribution in [2.75, 3.05) is 0 Å². The number of allylic oxidation sites excluding steroid dienone is 4. The molecule has 0 N–H and O–H groups in total. The molecule has 0 unspecified atom stereocenters. The Morgan fingerprint density at radius 2 is 1.02 bits per heavy atom. The predicted molar refractivity (Wildman–Crippen MR) is 261 cm³/mol. The van der Waals surface area contributed by atoms with Gasteiger partial charge in [0.1, 0.15) is 0 Å². The Morgan fingerprint density at radius 1 is 0.403 bits per heavy atom. The number of hydrogen-bond donors (Lipinski definition) is 0. The zero-order valence-electron chi connectivity index (χ0n) is 33.7. The molecule has 0 saturated heterocycles. The molecule has 5 heteroatoms. The first-order valence-electron chi connectivity index (χ1n) is 21.2. The molecule has 3 heterocycles. The molecular formula is C57H38N4S. The van der Waals surface area contributed by atoms with Crippen LogP contribution in [0.5, 0.6) is 0 Å². The highest BCUT2D eigenvalue weighted by Crippen LogP contribution is 2.43. The van der Waals surface area contributed by atoms with Crippen LogP contribution in [-0.4, -0.2) is 19.5 Å². The van der Waals surface area contributed by atoms with Crippen LogP contribution in [0.4, 0.5) is 0 Å². The van der Waals surface area contributed by atoms with Gasteiger partial charge in [-0.05, 0) is 101 Å². The topological polar surface area (TPSA) is 43.6 Å². The van der Waals surface area contributed by atoms with Crippen molar-refractivity contribution in [3.05, 3.63) is 212 Å². The van der Waals surface area contributed by atoms with Gasteiger partial charge in [0, 0.05) is 53.3 Å². The first-order chi connectivity index (χ1) is 30.7. The number of thiophene rings is 1. The van der Waals surface area contributed by atoms with Crippen LogP contribution in [0.3, 0.4) is 0 Å². The maximum Gasteiger partial charge on any atom is 0.164 e. The molecule has 0 saturated carbocycles. The lowest BCUT2D eigenvalue weighted by atomic mass is 9.92. The van der Waals surface area contributed by atoms with Gasteiger partial charge in [-0.25, -0.2) is 15.0 Å². The minimum atomic E-state index is 0.661. The first kappa shape index (κ1) is 36.1. The molecule has 62 heavy (non-hydrogen) atoms. The molecule has 0 fully saturated rings. The van der Waals surface area contributed by atoms with E-state index in [4.69, 9.17) is 15.0 Å². The molecule has 4 nitrogen and oxygen atoms in total. The molecule has 0 atom stereocenters. The van der Waals surface area contributed by atoms with Crippen LogP contribution < -0.4 is 0 Å². The molecule has 3 aromatic heterocycles. The molecule has 0 spiro atoms. The molecule has 8 aromatic carbocycles. The van der Waals surface area contributed by atoms with Crippen molar-refractivity contribution in [3.63, 3.8) is 0 Å². The standard InChI is InChI=1S/C57H38N4S/c1-4-15-38(16-5-1)55-58-56(39-17-6-2-7-18-39)60-57(59-55)40-29-27-37(28-30-40)42-33-43(35-44(34-42)46-23-14-24-49-48-22-11-13-26-53(48)62-54(46)49)41-31-32-52-50(36-41)47-21-10-12-25-51(47)61(52)45-19-8-3-9-20-45/h1,3-6,8-36H,2,7H2. The summed E-state index contributed by atoms with van der Waals surface area (Å²) in [7, 11) is 0. The number of rotatable bonds is 7. The third kappa shape index (κ3) is 6.34. The van der Waals surface area contributed by atoms with E-state index in [1.54, 1.807) is 0 Å². The molecule has 292 valence electrons. The number of fused-ring (bicyclic) bond motifs is 6. The molecule has 0 radical (unpaired) electrons. The van der Waals surface area contributed by atoms with E-state index < -0.39 is 0 Å². The van der Waals surface area contributed by atoms with Gasteiger partial charge in [-0.2, -0.15) is 0 Å². The van der Waals surface area contributed by atoms with Crippen LogP contribution in [0, 0.1) is 0 Å². The Hall–Kier alpha value is -7.73. The Morgan fingerprint density at radius 3 is 1.81 bits per heavy atom. The summed E-state index contributed by atoms with van der Waals surface area (Å²) in [5, 5.41) is 5.06. The van der Waals surface area contributed by atoms with Gasteiger partial charge >= 0.3 is 0 Å². The fourth-order valence-corrected chi connectivity index (χ4v) is 10.3. The maximum atomic E-state index is 5.03. The third-order valence-corrected chi connectivity index (χ3v) is 13.3. The largest absolute Gasteiger partial charge is 0.309 e. The quantitative estimate of drug-likeness (QED) is 0.161. The minimum absolute atomic E-state index is 0.661. The van der Waals surface area contributed by atoms with Gasteiger partial charge < -0.3 is 4.57 Å². The lowest BCUT2D eigenvalue weighted by Gasteiger charge is -2.13. The van der Waals surface area contributed by atoms with Crippen LogP contribution >= 0.6 is 11.3 Å².